The molecule has 9 heavy (non-hydrogen) atoms. The lowest BCUT2D eigenvalue weighted by Gasteiger charge is -2.13. The quantitative estimate of drug-likeness (QED) is 0.590. The van der Waals surface area contributed by atoms with E-state index in [0.29, 0.717) is 6.04 Å². The largest absolute Gasteiger partial charge is 0.379 e. The van der Waals surface area contributed by atoms with E-state index in [9.17, 15) is 0 Å². The molecule has 2 atom stereocenters. The van der Waals surface area contributed by atoms with E-state index in [2.05, 4.69) is 12.2 Å². The summed E-state index contributed by atoms with van der Waals surface area (Å²) in [6.07, 6.45) is 1.23. The summed E-state index contributed by atoms with van der Waals surface area (Å²) in [5.41, 5.74) is 0. The van der Waals surface area contributed by atoms with Gasteiger partial charge in [0.15, 0.2) is 0 Å². The Labute approximate surface area is 56.6 Å². The number of likely N-dealkylation sites (N-methyl/N-ethyl adjacent to an activating group) is 1. The number of ether oxygens (including phenoxy) is 1. The number of hydrogen-bond acceptors (Lipinski definition) is 2. The first-order valence-corrected chi connectivity index (χ1v) is 3.63. The van der Waals surface area contributed by atoms with Crippen LogP contribution in [0.3, 0.4) is 0 Å². The summed E-state index contributed by atoms with van der Waals surface area (Å²) >= 11 is 0. The first kappa shape index (κ1) is 7.03. The third kappa shape index (κ3) is 1.43. The maximum absolute atomic E-state index is 5.29. The first-order valence-electron chi connectivity index (χ1n) is 3.63. The van der Waals surface area contributed by atoms with Crippen LogP contribution in [0.5, 0.6) is 0 Å². The summed E-state index contributed by atoms with van der Waals surface area (Å²) in [6, 6.07) is 0.606. The fraction of sp³-hybridized carbons (Fsp3) is 1.00. The van der Waals surface area contributed by atoms with E-state index in [-0.39, 0.29) is 0 Å². The second-order valence-electron chi connectivity index (χ2n) is 2.60. The summed E-state index contributed by atoms with van der Waals surface area (Å²) in [4.78, 5) is 0. The van der Waals surface area contributed by atoms with E-state index >= 15 is 0 Å². The minimum absolute atomic E-state index is 0.606. The minimum Gasteiger partial charge on any atom is -0.379 e. The highest BCUT2D eigenvalue weighted by Gasteiger charge is 2.24. The van der Waals surface area contributed by atoms with Gasteiger partial charge in [0.1, 0.15) is 0 Å². The van der Waals surface area contributed by atoms with Crippen molar-refractivity contribution in [3.63, 3.8) is 0 Å². The fourth-order valence-corrected chi connectivity index (χ4v) is 1.32. The van der Waals surface area contributed by atoms with Gasteiger partial charge in [-0.2, -0.15) is 0 Å². The second-order valence-corrected chi connectivity index (χ2v) is 2.60. The van der Waals surface area contributed by atoms with Crippen LogP contribution >= 0.6 is 0 Å². The van der Waals surface area contributed by atoms with Crippen molar-refractivity contribution < 1.29 is 4.74 Å². The Morgan fingerprint density at radius 2 is 2.33 bits per heavy atom. The molecule has 0 aliphatic carbocycles. The summed E-state index contributed by atoms with van der Waals surface area (Å²) in [5, 5.41) is 3.24. The molecule has 2 unspecified atom stereocenters. The molecule has 0 aromatic carbocycles. The molecule has 1 aliphatic rings. The van der Waals surface area contributed by atoms with E-state index in [1.807, 2.05) is 7.05 Å². The molecule has 0 bridgehead atoms. The average Bonchev–Trinajstić information content (AvgIpc) is 2.33. The highest BCUT2D eigenvalue weighted by molar-refractivity contribution is 4.78. The second kappa shape index (κ2) is 3.18. The molecule has 0 radical (unpaired) electrons. The Hall–Kier alpha value is -0.0800. The van der Waals surface area contributed by atoms with Gasteiger partial charge >= 0.3 is 0 Å². The maximum atomic E-state index is 5.29. The Balaban J connectivity index is 2.32. The summed E-state index contributed by atoms with van der Waals surface area (Å²) in [5.74, 6) is 0.745. The molecule has 1 saturated heterocycles. The zero-order valence-electron chi connectivity index (χ0n) is 6.18. The lowest BCUT2D eigenvalue weighted by Crippen LogP contribution is -2.31. The van der Waals surface area contributed by atoms with E-state index in [0.717, 1.165) is 19.1 Å². The van der Waals surface area contributed by atoms with E-state index < -0.39 is 0 Å². The van der Waals surface area contributed by atoms with Crippen LogP contribution in [0, 0.1) is 5.92 Å². The molecule has 1 fully saturated rings. The van der Waals surface area contributed by atoms with Gasteiger partial charge in [-0.3, -0.25) is 0 Å². The van der Waals surface area contributed by atoms with Gasteiger partial charge in [-0.1, -0.05) is 6.92 Å². The molecule has 0 aromatic heterocycles. The minimum atomic E-state index is 0.606. The van der Waals surface area contributed by atoms with Crippen molar-refractivity contribution in [1.82, 2.24) is 5.32 Å². The predicted molar refractivity (Wildman–Crippen MR) is 37.4 cm³/mol. The third-order valence-corrected chi connectivity index (χ3v) is 2.09. The van der Waals surface area contributed by atoms with Crippen molar-refractivity contribution in [2.75, 3.05) is 20.3 Å². The maximum Gasteiger partial charge on any atom is 0.0623 e. The molecule has 1 heterocycles. The molecule has 0 amide bonds. The lowest BCUT2D eigenvalue weighted by molar-refractivity contribution is 0.182. The SMILES string of the molecule is CCC1COCC1NC. The smallest absolute Gasteiger partial charge is 0.0623 e. The van der Waals surface area contributed by atoms with Crippen LogP contribution < -0.4 is 5.32 Å². The molecule has 0 spiro atoms. The predicted octanol–water partition coefficient (Wildman–Crippen LogP) is 0.631. The van der Waals surface area contributed by atoms with Crippen LogP contribution in [0.2, 0.25) is 0 Å². The van der Waals surface area contributed by atoms with E-state index in [4.69, 9.17) is 4.74 Å². The molecule has 0 saturated carbocycles. The molecular formula is C7H15NO. The van der Waals surface area contributed by atoms with Crippen molar-refractivity contribution in [1.29, 1.82) is 0 Å². The molecule has 0 aromatic rings. The zero-order chi connectivity index (χ0) is 6.69. The van der Waals surface area contributed by atoms with Crippen LogP contribution in [-0.2, 0) is 4.74 Å². The van der Waals surface area contributed by atoms with E-state index in [1.54, 1.807) is 0 Å². The fourth-order valence-electron chi connectivity index (χ4n) is 1.32. The normalized spacial score (nSPS) is 35.3. The number of nitrogens with one attached hydrogen (secondary N) is 1. The van der Waals surface area contributed by atoms with Crippen LogP contribution in [0.15, 0.2) is 0 Å². The summed E-state index contributed by atoms with van der Waals surface area (Å²) < 4.78 is 5.29. The van der Waals surface area contributed by atoms with Gasteiger partial charge in [0.25, 0.3) is 0 Å². The van der Waals surface area contributed by atoms with Gasteiger partial charge in [0, 0.05) is 6.04 Å². The topological polar surface area (TPSA) is 21.3 Å². The standard InChI is InChI=1S/C7H15NO/c1-3-6-4-9-5-7(6)8-2/h6-8H,3-5H2,1-2H3. The molecule has 1 rings (SSSR count). The van der Waals surface area contributed by atoms with Gasteiger partial charge < -0.3 is 10.1 Å². The molecule has 1 N–H and O–H groups in total. The summed E-state index contributed by atoms with van der Waals surface area (Å²) in [6.45, 7) is 4.06. The summed E-state index contributed by atoms with van der Waals surface area (Å²) in [7, 11) is 2.00. The first-order chi connectivity index (χ1) is 4.38. The highest BCUT2D eigenvalue weighted by atomic mass is 16.5. The Morgan fingerprint density at radius 3 is 2.78 bits per heavy atom. The number of rotatable bonds is 2. The molecule has 2 nitrogen and oxygen atoms in total. The Bertz CT molecular complexity index is 75.0. The molecule has 1 aliphatic heterocycles. The van der Waals surface area contributed by atoms with Gasteiger partial charge in [-0.05, 0) is 19.4 Å². The van der Waals surface area contributed by atoms with Crippen molar-refractivity contribution in [2.24, 2.45) is 5.92 Å². The molecule has 2 heteroatoms. The van der Waals surface area contributed by atoms with Crippen LogP contribution in [0.25, 0.3) is 0 Å². The van der Waals surface area contributed by atoms with Gasteiger partial charge in [-0.15, -0.1) is 0 Å². The van der Waals surface area contributed by atoms with Crippen LogP contribution in [0.1, 0.15) is 13.3 Å². The van der Waals surface area contributed by atoms with Gasteiger partial charge in [0.05, 0.1) is 13.2 Å². The van der Waals surface area contributed by atoms with Gasteiger partial charge in [0.2, 0.25) is 0 Å². The van der Waals surface area contributed by atoms with Crippen LogP contribution in [-0.4, -0.2) is 26.3 Å². The Morgan fingerprint density at radius 1 is 1.56 bits per heavy atom. The highest BCUT2D eigenvalue weighted by Crippen LogP contribution is 2.15. The van der Waals surface area contributed by atoms with Crippen molar-refractivity contribution in [3.8, 4) is 0 Å². The van der Waals surface area contributed by atoms with Crippen molar-refractivity contribution in [3.05, 3.63) is 0 Å². The Kier molecular flexibility index (Phi) is 2.49. The number of hydrogen-bond donors (Lipinski definition) is 1. The molecular weight excluding hydrogens is 114 g/mol. The monoisotopic (exact) mass is 129 g/mol. The van der Waals surface area contributed by atoms with Crippen LogP contribution in [0.4, 0.5) is 0 Å². The zero-order valence-corrected chi connectivity index (χ0v) is 6.18. The van der Waals surface area contributed by atoms with Crippen molar-refractivity contribution >= 4 is 0 Å². The lowest BCUT2D eigenvalue weighted by atomic mass is 10.0. The van der Waals surface area contributed by atoms with Crippen molar-refractivity contribution in [2.45, 2.75) is 19.4 Å². The van der Waals surface area contributed by atoms with E-state index in [1.165, 1.54) is 6.42 Å². The average molecular weight is 129 g/mol. The van der Waals surface area contributed by atoms with Gasteiger partial charge in [-0.25, -0.2) is 0 Å². The third-order valence-electron chi connectivity index (χ3n) is 2.09. The molecule has 54 valence electrons.